The molecule has 0 unspecified atom stereocenters. The van der Waals surface area contributed by atoms with Crippen LogP contribution in [0.1, 0.15) is 16.2 Å². The number of nitrogens with one attached hydrogen (secondary N) is 1. The maximum absolute atomic E-state index is 12.2. The van der Waals surface area contributed by atoms with E-state index in [4.69, 9.17) is 23.2 Å². The smallest absolute Gasteiger partial charge is 0.251 e. The molecule has 0 saturated heterocycles. The number of thioether (sulfide) groups is 1. The van der Waals surface area contributed by atoms with Crippen molar-refractivity contribution in [1.82, 2.24) is 20.1 Å². The van der Waals surface area contributed by atoms with Crippen LogP contribution in [-0.4, -0.2) is 26.9 Å². The van der Waals surface area contributed by atoms with Gasteiger partial charge in [-0.15, -0.1) is 10.2 Å². The normalized spacial score (nSPS) is 10.7. The van der Waals surface area contributed by atoms with Crippen LogP contribution in [0.15, 0.2) is 53.7 Å². The molecule has 1 amide bonds. The number of carbonyl (C=O) groups is 1. The van der Waals surface area contributed by atoms with Crippen LogP contribution in [0.2, 0.25) is 10.0 Å². The molecule has 0 fully saturated rings. The first kappa shape index (κ1) is 17.8. The van der Waals surface area contributed by atoms with E-state index in [-0.39, 0.29) is 12.5 Å². The van der Waals surface area contributed by atoms with Crippen LogP contribution in [0.3, 0.4) is 0 Å². The molecule has 0 atom stereocenters. The van der Waals surface area contributed by atoms with Crippen molar-refractivity contribution in [2.75, 3.05) is 6.26 Å². The van der Waals surface area contributed by atoms with Crippen molar-refractivity contribution in [2.24, 2.45) is 0 Å². The molecule has 1 heterocycles. The lowest BCUT2D eigenvalue weighted by Crippen LogP contribution is -2.24. The molecule has 0 aliphatic carbocycles. The van der Waals surface area contributed by atoms with Gasteiger partial charge in [-0.1, -0.05) is 53.2 Å². The SMILES string of the molecule is CSc1nnc(CNC(=O)c2ccccc2)n1-c1ccc(Cl)c(Cl)c1. The zero-order valence-corrected chi connectivity index (χ0v) is 15.6. The van der Waals surface area contributed by atoms with Crippen molar-refractivity contribution in [3.8, 4) is 5.69 Å². The minimum Gasteiger partial charge on any atom is -0.345 e. The summed E-state index contributed by atoms with van der Waals surface area (Å²) in [6.45, 7) is 0.238. The largest absolute Gasteiger partial charge is 0.345 e. The molecular weight excluding hydrogens is 379 g/mol. The highest BCUT2D eigenvalue weighted by Crippen LogP contribution is 2.27. The summed E-state index contributed by atoms with van der Waals surface area (Å²) in [5.74, 6) is 0.432. The standard InChI is InChI=1S/C17H14Cl2N4OS/c1-25-17-22-21-15(10-20-16(24)11-5-3-2-4-6-11)23(17)12-7-8-13(18)14(19)9-12/h2-9H,10H2,1H3,(H,20,24). The number of amides is 1. The average molecular weight is 393 g/mol. The number of rotatable bonds is 5. The number of carbonyl (C=O) groups excluding carboxylic acids is 1. The Hall–Kier alpha value is -2.02. The zero-order chi connectivity index (χ0) is 17.8. The van der Waals surface area contributed by atoms with Gasteiger partial charge in [0, 0.05) is 5.56 Å². The summed E-state index contributed by atoms with van der Waals surface area (Å²) >= 11 is 13.6. The van der Waals surface area contributed by atoms with Gasteiger partial charge in [0.25, 0.3) is 5.91 Å². The summed E-state index contributed by atoms with van der Waals surface area (Å²) in [6.07, 6.45) is 1.91. The Morgan fingerprint density at radius 1 is 1.12 bits per heavy atom. The lowest BCUT2D eigenvalue weighted by atomic mass is 10.2. The molecule has 0 saturated carbocycles. The topological polar surface area (TPSA) is 59.8 Å². The van der Waals surface area contributed by atoms with E-state index in [0.29, 0.717) is 26.6 Å². The minimum atomic E-state index is -0.171. The monoisotopic (exact) mass is 392 g/mol. The molecule has 0 bridgehead atoms. The molecule has 25 heavy (non-hydrogen) atoms. The van der Waals surface area contributed by atoms with Crippen LogP contribution in [-0.2, 0) is 6.54 Å². The van der Waals surface area contributed by atoms with Crippen molar-refractivity contribution in [1.29, 1.82) is 0 Å². The summed E-state index contributed by atoms with van der Waals surface area (Å²) in [4.78, 5) is 12.2. The first-order chi connectivity index (χ1) is 12.1. The van der Waals surface area contributed by atoms with Crippen molar-refractivity contribution < 1.29 is 4.79 Å². The second kappa shape index (κ2) is 7.91. The van der Waals surface area contributed by atoms with Gasteiger partial charge in [0.2, 0.25) is 0 Å². The number of benzene rings is 2. The minimum absolute atomic E-state index is 0.171. The molecule has 8 heteroatoms. The van der Waals surface area contributed by atoms with Gasteiger partial charge in [0.1, 0.15) is 0 Å². The van der Waals surface area contributed by atoms with Gasteiger partial charge in [-0.2, -0.15) is 0 Å². The Bertz CT molecular complexity index is 899. The number of nitrogens with zero attached hydrogens (tertiary/aromatic N) is 3. The lowest BCUT2D eigenvalue weighted by molar-refractivity contribution is 0.0949. The Labute approximate surface area is 159 Å². The molecule has 3 aromatic rings. The average Bonchev–Trinajstić information content (AvgIpc) is 3.05. The van der Waals surface area contributed by atoms with Crippen LogP contribution >= 0.6 is 35.0 Å². The number of aromatic nitrogens is 3. The maximum Gasteiger partial charge on any atom is 0.251 e. The highest BCUT2D eigenvalue weighted by Gasteiger charge is 2.15. The van der Waals surface area contributed by atoms with E-state index in [1.54, 1.807) is 24.3 Å². The second-order valence-electron chi connectivity index (χ2n) is 5.09. The van der Waals surface area contributed by atoms with E-state index in [1.807, 2.05) is 35.1 Å². The summed E-state index contributed by atoms with van der Waals surface area (Å²) in [6, 6.07) is 14.3. The van der Waals surface area contributed by atoms with E-state index in [1.165, 1.54) is 11.8 Å². The van der Waals surface area contributed by atoms with Crippen LogP contribution in [0, 0.1) is 0 Å². The van der Waals surface area contributed by atoms with Gasteiger partial charge in [0.05, 0.1) is 22.3 Å². The Morgan fingerprint density at radius 2 is 1.88 bits per heavy atom. The van der Waals surface area contributed by atoms with Gasteiger partial charge in [-0.25, -0.2) is 0 Å². The summed E-state index contributed by atoms with van der Waals surface area (Å²) in [5.41, 5.74) is 1.38. The molecule has 2 aromatic carbocycles. The molecule has 0 spiro atoms. The highest BCUT2D eigenvalue weighted by molar-refractivity contribution is 7.98. The first-order valence-electron chi connectivity index (χ1n) is 7.37. The molecule has 5 nitrogen and oxygen atoms in total. The second-order valence-corrected chi connectivity index (χ2v) is 6.67. The van der Waals surface area contributed by atoms with Gasteiger partial charge in [-0.3, -0.25) is 9.36 Å². The fourth-order valence-corrected chi connectivity index (χ4v) is 3.09. The predicted molar refractivity (Wildman–Crippen MR) is 101 cm³/mol. The molecule has 1 N–H and O–H groups in total. The maximum atomic E-state index is 12.2. The fraction of sp³-hybridized carbons (Fsp3) is 0.118. The summed E-state index contributed by atoms with van der Waals surface area (Å²) < 4.78 is 1.85. The predicted octanol–water partition coefficient (Wildman–Crippen LogP) is 4.23. The van der Waals surface area contributed by atoms with Gasteiger partial charge in [-0.05, 0) is 36.6 Å². The number of hydrogen-bond acceptors (Lipinski definition) is 4. The Balaban J connectivity index is 1.86. The van der Waals surface area contributed by atoms with E-state index in [2.05, 4.69) is 15.5 Å². The third-order valence-corrected chi connectivity index (χ3v) is 4.86. The van der Waals surface area contributed by atoms with Crippen LogP contribution in [0.5, 0.6) is 0 Å². The fourth-order valence-electron chi connectivity index (χ4n) is 2.28. The molecule has 0 aliphatic rings. The Morgan fingerprint density at radius 3 is 2.56 bits per heavy atom. The third kappa shape index (κ3) is 3.98. The van der Waals surface area contributed by atoms with Crippen LogP contribution in [0.4, 0.5) is 0 Å². The molecule has 1 aromatic heterocycles. The first-order valence-corrected chi connectivity index (χ1v) is 9.35. The summed E-state index contributed by atoms with van der Waals surface area (Å²) in [7, 11) is 0. The summed E-state index contributed by atoms with van der Waals surface area (Å²) in [5, 5.41) is 12.8. The highest BCUT2D eigenvalue weighted by atomic mass is 35.5. The van der Waals surface area contributed by atoms with Crippen LogP contribution in [0.25, 0.3) is 5.69 Å². The Kier molecular flexibility index (Phi) is 5.63. The van der Waals surface area contributed by atoms with Crippen molar-refractivity contribution in [3.05, 3.63) is 70.0 Å². The van der Waals surface area contributed by atoms with E-state index in [9.17, 15) is 4.79 Å². The van der Waals surface area contributed by atoms with Crippen molar-refractivity contribution >= 4 is 40.9 Å². The van der Waals surface area contributed by atoms with Crippen molar-refractivity contribution in [3.63, 3.8) is 0 Å². The van der Waals surface area contributed by atoms with Crippen LogP contribution < -0.4 is 5.32 Å². The van der Waals surface area contributed by atoms with Gasteiger partial charge < -0.3 is 5.32 Å². The third-order valence-electron chi connectivity index (χ3n) is 3.49. The van der Waals surface area contributed by atoms with E-state index >= 15 is 0 Å². The van der Waals surface area contributed by atoms with E-state index < -0.39 is 0 Å². The molecular formula is C17H14Cl2N4OS. The zero-order valence-electron chi connectivity index (χ0n) is 13.2. The van der Waals surface area contributed by atoms with E-state index in [0.717, 1.165) is 5.69 Å². The number of hydrogen-bond donors (Lipinski definition) is 1. The molecule has 0 radical (unpaired) electrons. The molecule has 128 valence electrons. The van der Waals surface area contributed by atoms with Gasteiger partial charge >= 0.3 is 0 Å². The lowest BCUT2D eigenvalue weighted by Gasteiger charge is -2.11. The molecule has 0 aliphatic heterocycles. The van der Waals surface area contributed by atoms with Crippen molar-refractivity contribution in [2.45, 2.75) is 11.7 Å². The van der Waals surface area contributed by atoms with Gasteiger partial charge in [0.15, 0.2) is 11.0 Å². The number of halogens is 2. The quantitative estimate of drug-likeness (QED) is 0.660. The molecule has 3 rings (SSSR count).